The Hall–Kier alpha value is -2.81. The lowest BCUT2D eigenvalue weighted by Gasteiger charge is -2.32. The maximum Gasteiger partial charge on any atom is 0.274 e. The molecule has 0 spiro atoms. The zero-order valence-electron chi connectivity index (χ0n) is 17.5. The van der Waals surface area contributed by atoms with Gasteiger partial charge in [0.1, 0.15) is 0 Å². The zero-order valence-corrected chi connectivity index (χ0v) is 18.4. The summed E-state index contributed by atoms with van der Waals surface area (Å²) in [7, 11) is 2.18. The molecule has 0 amide bonds. The van der Waals surface area contributed by atoms with E-state index >= 15 is 0 Å². The Labute approximate surface area is 185 Å². The van der Waals surface area contributed by atoms with Gasteiger partial charge in [-0.3, -0.25) is 14.8 Å². The molecule has 1 aliphatic heterocycles. The van der Waals surface area contributed by atoms with Crippen LogP contribution in [0.4, 0.5) is 0 Å². The third-order valence-electron chi connectivity index (χ3n) is 5.68. The molecular formula is C23H26N6OS. The molecule has 0 aliphatic carbocycles. The van der Waals surface area contributed by atoms with Gasteiger partial charge in [-0.2, -0.15) is 4.68 Å². The van der Waals surface area contributed by atoms with Gasteiger partial charge in [0.05, 0.1) is 11.0 Å². The second-order valence-electron chi connectivity index (χ2n) is 8.04. The van der Waals surface area contributed by atoms with Crippen LogP contribution in [-0.2, 0) is 12.3 Å². The highest BCUT2D eigenvalue weighted by atomic mass is 32.2. The lowest BCUT2D eigenvalue weighted by molar-refractivity contribution is 0.148. The average molecular weight is 435 g/mol. The molecule has 7 nitrogen and oxygen atoms in total. The van der Waals surface area contributed by atoms with E-state index in [1.807, 2.05) is 24.3 Å². The summed E-state index contributed by atoms with van der Waals surface area (Å²) in [5.74, 6) is 1.20. The van der Waals surface area contributed by atoms with Crippen molar-refractivity contribution >= 4 is 22.8 Å². The molecule has 8 heteroatoms. The van der Waals surface area contributed by atoms with Crippen LogP contribution in [0, 0.1) is 0 Å². The van der Waals surface area contributed by atoms with Crippen molar-refractivity contribution in [1.82, 2.24) is 29.5 Å². The Bertz CT molecular complexity index is 1180. The lowest BCUT2D eigenvalue weighted by atomic mass is 10.2. The predicted octanol–water partition coefficient (Wildman–Crippen LogP) is 3.08. The monoisotopic (exact) mass is 434 g/mol. The summed E-state index contributed by atoms with van der Waals surface area (Å²) in [4.78, 5) is 26.2. The molecule has 0 saturated carbocycles. The van der Waals surface area contributed by atoms with Crippen LogP contribution < -0.4 is 5.56 Å². The topological polar surface area (TPSA) is 73.0 Å². The van der Waals surface area contributed by atoms with Gasteiger partial charge in [0.25, 0.3) is 5.56 Å². The van der Waals surface area contributed by atoms with E-state index in [4.69, 9.17) is 0 Å². The van der Waals surface area contributed by atoms with Crippen LogP contribution >= 0.6 is 11.8 Å². The molecule has 2 N–H and O–H groups in total. The largest absolute Gasteiger partial charge is 0.322 e. The number of hydrogen-bond donors (Lipinski definition) is 2. The number of aromatic amines is 2. The Balaban J connectivity index is 1.21. The normalized spacial score (nSPS) is 15.6. The first-order valence-electron chi connectivity index (χ1n) is 10.5. The highest BCUT2D eigenvalue weighted by molar-refractivity contribution is 7.98. The molecule has 4 aromatic rings. The van der Waals surface area contributed by atoms with Gasteiger partial charge in [-0.15, -0.1) is 11.8 Å². The van der Waals surface area contributed by atoms with Crippen molar-refractivity contribution in [2.45, 2.75) is 17.2 Å². The molecule has 5 rings (SSSR count). The first-order valence-corrected chi connectivity index (χ1v) is 11.5. The van der Waals surface area contributed by atoms with Gasteiger partial charge in [-0.05, 0) is 36.9 Å². The summed E-state index contributed by atoms with van der Waals surface area (Å²) in [5.41, 5.74) is 3.85. The molecule has 0 radical (unpaired) electrons. The number of thioether (sulfide) groups is 1. The Kier molecular flexibility index (Phi) is 5.67. The van der Waals surface area contributed by atoms with Gasteiger partial charge in [-0.1, -0.05) is 24.3 Å². The van der Waals surface area contributed by atoms with Crippen molar-refractivity contribution in [3.8, 4) is 5.95 Å². The van der Waals surface area contributed by atoms with Crippen LogP contribution in [-0.4, -0.2) is 62.8 Å². The fourth-order valence-electron chi connectivity index (χ4n) is 3.84. The highest BCUT2D eigenvalue weighted by Gasteiger charge is 2.14. The van der Waals surface area contributed by atoms with Gasteiger partial charge in [-0.25, -0.2) is 4.98 Å². The predicted molar refractivity (Wildman–Crippen MR) is 125 cm³/mol. The number of benzene rings is 2. The number of rotatable bonds is 6. The van der Waals surface area contributed by atoms with Crippen LogP contribution in [0.15, 0.2) is 64.3 Å². The quantitative estimate of drug-likeness (QED) is 0.456. The fourth-order valence-corrected chi connectivity index (χ4v) is 4.64. The SMILES string of the molecule is CN1CCN(Cc2ccc(SCc3cc(=O)n(-c4nc5ccccc5[nH]4)[nH]3)cc2)CC1. The molecule has 1 saturated heterocycles. The van der Waals surface area contributed by atoms with Crippen molar-refractivity contribution in [2.24, 2.45) is 0 Å². The van der Waals surface area contributed by atoms with Gasteiger partial charge >= 0.3 is 0 Å². The first kappa shape index (κ1) is 20.1. The Morgan fingerprint density at radius 3 is 2.58 bits per heavy atom. The van der Waals surface area contributed by atoms with E-state index in [-0.39, 0.29) is 5.56 Å². The van der Waals surface area contributed by atoms with E-state index in [0.29, 0.717) is 11.7 Å². The van der Waals surface area contributed by atoms with Crippen LogP contribution in [0.3, 0.4) is 0 Å². The molecule has 1 aliphatic rings. The number of nitrogens with one attached hydrogen (secondary N) is 2. The van der Waals surface area contributed by atoms with Crippen molar-refractivity contribution in [1.29, 1.82) is 0 Å². The van der Waals surface area contributed by atoms with Crippen LogP contribution in [0.25, 0.3) is 17.0 Å². The Morgan fingerprint density at radius 1 is 1.03 bits per heavy atom. The third kappa shape index (κ3) is 4.61. The molecule has 2 aromatic carbocycles. The molecule has 1 fully saturated rings. The number of likely N-dealkylation sites (N-methyl/N-ethyl adjacent to an activating group) is 1. The lowest BCUT2D eigenvalue weighted by Crippen LogP contribution is -2.43. The zero-order chi connectivity index (χ0) is 21.2. The summed E-state index contributed by atoms with van der Waals surface area (Å²) < 4.78 is 1.47. The summed E-state index contributed by atoms with van der Waals surface area (Å²) in [6, 6.07) is 18.2. The van der Waals surface area contributed by atoms with Gasteiger partial charge in [0.15, 0.2) is 0 Å². The number of H-pyrrole nitrogens is 2. The molecule has 0 atom stereocenters. The third-order valence-corrected chi connectivity index (χ3v) is 6.74. The van der Waals surface area contributed by atoms with Crippen molar-refractivity contribution < 1.29 is 0 Å². The van der Waals surface area contributed by atoms with Gasteiger partial charge in [0.2, 0.25) is 5.95 Å². The second kappa shape index (κ2) is 8.74. The number of hydrogen-bond acceptors (Lipinski definition) is 5. The minimum absolute atomic E-state index is 0.114. The number of piperazine rings is 1. The van der Waals surface area contributed by atoms with Gasteiger partial charge in [0, 0.05) is 55.1 Å². The minimum atomic E-state index is -0.114. The molecule has 0 unspecified atom stereocenters. The number of nitrogens with zero attached hydrogens (tertiary/aromatic N) is 4. The summed E-state index contributed by atoms with van der Waals surface area (Å²) in [5, 5.41) is 3.18. The van der Waals surface area contributed by atoms with E-state index < -0.39 is 0 Å². The second-order valence-corrected chi connectivity index (χ2v) is 9.09. The van der Waals surface area contributed by atoms with Gasteiger partial charge < -0.3 is 9.88 Å². The number of aromatic nitrogens is 4. The summed E-state index contributed by atoms with van der Waals surface area (Å²) >= 11 is 1.72. The summed E-state index contributed by atoms with van der Waals surface area (Å²) in [6.07, 6.45) is 0. The number of fused-ring (bicyclic) bond motifs is 1. The number of para-hydroxylation sites is 2. The smallest absolute Gasteiger partial charge is 0.274 e. The van der Waals surface area contributed by atoms with Crippen molar-refractivity contribution in [3.63, 3.8) is 0 Å². The Morgan fingerprint density at radius 2 is 1.81 bits per heavy atom. The van der Waals surface area contributed by atoms with E-state index in [1.54, 1.807) is 17.8 Å². The number of imidazole rings is 1. The molecule has 160 valence electrons. The van der Waals surface area contributed by atoms with Crippen LogP contribution in [0.1, 0.15) is 11.3 Å². The standard InChI is InChI=1S/C23H26N6OS/c1-27-10-12-28(13-11-27)15-17-6-8-19(9-7-17)31-16-18-14-22(30)29(26-18)23-24-20-4-2-3-5-21(20)25-23/h2-9,14,26H,10-13,15-16H2,1H3,(H,24,25). The van der Waals surface area contributed by atoms with Crippen LogP contribution in [0.2, 0.25) is 0 Å². The van der Waals surface area contributed by atoms with E-state index in [2.05, 4.69) is 56.2 Å². The van der Waals surface area contributed by atoms with Crippen molar-refractivity contribution in [3.05, 3.63) is 76.2 Å². The van der Waals surface area contributed by atoms with E-state index in [0.717, 1.165) is 49.5 Å². The van der Waals surface area contributed by atoms with E-state index in [9.17, 15) is 4.79 Å². The maximum absolute atomic E-state index is 12.4. The molecule has 31 heavy (non-hydrogen) atoms. The molecule has 0 bridgehead atoms. The minimum Gasteiger partial charge on any atom is -0.322 e. The highest BCUT2D eigenvalue weighted by Crippen LogP contribution is 2.23. The molecule has 2 aromatic heterocycles. The fraction of sp³-hybridized carbons (Fsp3) is 0.304. The van der Waals surface area contributed by atoms with E-state index in [1.165, 1.54) is 15.1 Å². The van der Waals surface area contributed by atoms with Crippen molar-refractivity contribution in [2.75, 3.05) is 33.2 Å². The molecule has 3 heterocycles. The molecular weight excluding hydrogens is 408 g/mol. The average Bonchev–Trinajstić information content (AvgIpc) is 3.38. The first-order chi connectivity index (χ1) is 15.1. The maximum atomic E-state index is 12.4. The summed E-state index contributed by atoms with van der Waals surface area (Å²) in [6.45, 7) is 5.54. The van der Waals surface area contributed by atoms with Crippen LogP contribution in [0.5, 0.6) is 0 Å².